The summed E-state index contributed by atoms with van der Waals surface area (Å²) in [6, 6.07) is 0.931. The van der Waals surface area contributed by atoms with E-state index in [1.165, 1.54) is 25.7 Å². The Morgan fingerprint density at radius 1 is 1.26 bits per heavy atom. The molecule has 7 heteroatoms. The van der Waals surface area contributed by atoms with Crippen molar-refractivity contribution in [3.8, 4) is 0 Å². The fourth-order valence-corrected chi connectivity index (χ4v) is 2.52. The van der Waals surface area contributed by atoms with Gasteiger partial charge >= 0.3 is 0 Å². The molecule has 1 aliphatic carbocycles. The molecule has 1 unspecified atom stereocenters. The molecule has 0 amide bonds. The van der Waals surface area contributed by atoms with Crippen molar-refractivity contribution in [3.63, 3.8) is 0 Å². The Balaban J connectivity index is 0.00000264. The maximum atomic E-state index is 4.73. The van der Waals surface area contributed by atoms with Crippen LogP contribution >= 0.6 is 24.0 Å². The molecule has 2 rings (SSSR count). The van der Waals surface area contributed by atoms with Crippen molar-refractivity contribution in [2.24, 2.45) is 18.0 Å². The first kappa shape index (κ1) is 20.2. The van der Waals surface area contributed by atoms with Gasteiger partial charge < -0.3 is 15.2 Å². The van der Waals surface area contributed by atoms with E-state index in [9.17, 15) is 0 Å². The molecule has 0 radical (unpaired) electrons. The zero-order valence-electron chi connectivity index (χ0n) is 15.0. The molecule has 0 saturated heterocycles. The number of hydrogen-bond acceptors (Lipinski definition) is 3. The highest BCUT2D eigenvalue weighted by molar-refractivity contribution is 14.0. The summed E-state index contributed by atoms with van der Waals surface area (Å²) in [4.78, 5) is 4.73. The zero-order chi connectivity index (χ0) is 16.1. The van der Waals surface area contributed by atoms with Gasteiger partial charge in [0.2, 0.25) is 0 Å². The van der Waals surface area contributed by atoms with E-state index in [1.807, 2.05) is 18.5 Å². The average molecular weight is 434 g/mol. The monoisotopic (exact) mass is 434 g/mol. The second-order valence-electron chi connectivity index (χ2n) is 6.69. The SMILES string of the molecule is Cc1nnc(CN=C(NC2CCCC2)NC(C)C(C)C)n1C.I. The lowest BCUT2D eigenvalue weighted by atomic mass is 10.1. The molecule has 0 aliphatic heterocycles. The molecule has 1 heterocycles. The van der Waals surface area contributed by atoms with Crippen LogP contribution in [0.4, 0.5) is 0 Å². The molecule has 0 bridgehead atoms. The molecule has 1 aromatic heterocycles. The molecule has 1 saturated carbocycles. The summed E-state index contributed by atoms with van der Waals surface area (Å²) in [6.45, 7) is 9.14. The van der Waals surface area contributed by atoms with Crippen LogP contribution in [-0.4, -0.2) is 32.8 Å². The Kier molecular flexibility index (Phi) is 8.28. The smallest absolute Gasteiger partial charge is 0.192 e. The molecule has 1 atom stereocenters. The largest absolute Gasteiger partial charge is 0.354 e. The van der Waals surface area contributed by atoms with Gasteiger partial charge in [0.25, 0.3) is 0 Å². The Bertz CT molecular complexity index is 499. The second-order valence-corrected chi connectivity index (χ2v) is 6.69. The third kappa shape index (κ3) is 5.93. The van der Waals surface area contributed by atoms with Crippen LogP contribution in [0.2, 0.25) is 0 Å². The third-order valence-electron chi connectivity index (χ3n) is 4.62. The summed E-state index contributed by atoms with van der Waals surface area (Å²) in [5.74, 6) is 3.27. The van der Waals surface area contributed by atoms with Crippen LogP contribution in [0.3, 0.4) is 0 Å². The number of guanidine groups is 1. The molecular weight excluding hydrogens is 403 g/mol. The maximum Gasteiger partial charge on any atom is 0.192 e. The number of aromatic nitrogens is 3. The van der Waals surface area contributed by atoms with E-state index in [0.29, 0.717) is 24.5 Å². The number of nitrogens with zero attached hydrogens (tertiary/aromatic N) is 4. The number of halogens is 1. The van der Waals surface area contributed by atoms with E-state index in [-0.39, 0.29) is 24.0 Å². The van der Waals surface area contributed by atoms with E-state index >= 15 is 0 Å². The highest BCUT2D eigenvalue weighted by Gasteiger charge is 2.18. The number of aryl methyl sites for hydroxylation is 1. The van der Waals surface area contributed by atoms with Gasteiger partial charge in [0.05, 0.1) is 0 Å². The molecule has 2 N–H and O–H groups in total. The van der Waals surface area contributed by atoms with Crippen molar-refractivity contribution in [2.45, 2.75) is 72.0 Å². The van der Waals surface area contributed by atoms with Crippen LogP contribution in [0, 0.1) is 12.8 Å². The second kappa shape index (κ2) is 9.44. The quantitative estimate of drug-likeness (QED) is 0.425. The van der Waals surface area contributed by atoms with Crippen molar-refractivity contribution < 1.29 is 0 Å². The van der Waals surface area contributed by atoms with Crippen LogP contribution < -0.4 is 10.6 Å². The van der Waals surface area contributed by atoms with Crippen LogP contribution in [0.25, 0.3) is 0 Å². The molecule has 1 fully saturated rings. The molecule has 0 aromatic carbocycles. The highest BCUT2D eigenvalue weighted by atomic mass is 127. The summed E-state index contributed by atoms with van der Waals surface area (Å²) in [6.07, 6.45) is 5.10. The summed E-state index contributed by atoms with van der Waals surface area (Å²) in [7, 11) is 1.98. The fourth-order valence-electron chi connectivity index (χ4n) is 2.52. The first-order valence-corrected chi connectivity index (χ1v) is 8.39. The van der Waals surface area contributed by atoms with Crippen molar-refractivity contribution in [3.05, 3.63) is 11.6 Å². The fraction of sp³-hybridized carbons (Fsp3) is 0.812. The van der Waals surface area contributed by atoms with Gasteiger partial charge in [-0.05, 0) is 32.6 Å². The number of aliphatic imine (C=N–C) groups is 1. The number of hydrogen-bond donors (Lipinski definition) is 2. The third-order valence-corrected chi connectivity index (χ3v) is 4.62. The predicted octanol–water partition coefficient (Wildman–Crippen LogP) is 2.76. The normalized spacial score (nSPS) is 17.2. The van der Waals surface area contributed by atoms with Crippen molar-refractivity contribution in [1.29, 1.82) is 0 Å². The summed E-state index contributed by atoms with van der Waals surface area (Å²) in [5.41, 5.74) is 0. The van der Waals surface area contributed by atoms with Gasteiger partial charge in [-0.2, -0.15) is 0 Å². The number of nitrogens with one attached hydrogen (secondary N) is 2. The van der Waals surface area contributed by atoms with Gasteiger partial charge in [0, 0.05) is 19.1 Å². The molecule has 1 aromatic rings. The van der Waals surface area contributed by atoms with E-state index in [4.69, 9.17) is 4.99 Å². The zero-order valence-corrected chi connectivity index (χ0v) is 17.3. The lowest BCUT2D eigenvalue weighted by molar-refractivity contribution is 0.474. The summed E-state index contributed by atoms with van der Waals surface area (Å²) < 4.78 is 1.99. The van der Waals surface area contributed by atoms with Gasteiger partial charge in [0.15, 0.2) is 11.8 Å². The van der Waals surface area contributed by atoms with E-state index < -0.39 is 0 Å². The molecule has 132 valence electrons. The van der Waals surface area contributed by atoms with E-state index in [0.717, 1.165) is 17.6 Å². The Morgan fingerprint density at radius 2 is 1.91 bits per heavy atom. The topological polar surface area (TPSA) is 67.1 Å². The average Bonchev–Trinajstić information content (AvgIpc) is 3.08. The predicted molar refractivity (Wildman–Crippen MR) is 105 cm³/mol. The Hall–Kier alpha value is -0.860. The highest BCUT2D eigenvalue weighted by Crippen LogP contribution is 2.17. The van der Waals surface area contributed by atoms with Gasteiger partial charge in [0.1, 0.15) is 12.4 Å². The lowest BCUT2D eigenvalue weighted by Crippen LogP contribution is -2.47. The van der Waals surface area contributed by atoms with Crippen molar-refractivity contribution >= 4 is 29.9 Å². The Morgan fingerprint density at radius 3 is 2.43 bits per heavy atom. The molecule has 6 nitrogen and oxygen atoms in total. The van der Waals surface area contributed by atoms with Gasteiger partial charge in [-0.1, -0.05) is 26.7 Å². The minimum Gasteiger partial charge on any atom is -0.354 e. The summed E-state index contributed by atoms with van der Waals surface area (Å²) >= 11 is 0. The maximum absolute atomic E-state index is 4.73. The van der Waals surface area contributed by atoms with Gasteiger partial charge in [-0.3, -0.25) is 0 Å². The van der Waals surface area contributed by atoms with Gasteiger partial charge in [-0.15, -0.1) is 34.2 Å². The van der Waals surface area contributed by atoms with E-state index in [2.05, 4.69) is 41.6 Å². The first-order valence-electron chi connectivity index (χ1n) is 8.39. The van der Waals surface area contributed by atoms with Crippen LogP contribution in [0.15, 0.2) is 4.99 Å². The van der Waals surface area contributed by atoms with Crippen LogP contribution in [0.1, 0.15) is 58.1 Å². The van der Waals surface area contributed by atoms with Crippen LogP contribution in [-0.2, 0) is 13.6 Å². The standard InChI is InChI=1S/C16H30N6.HI/c1-11(2)12(3)18-16(19-14-8-6-7-9-14)17-10-15-21-20-13(4)22(15)5;/h11-12,14H,6-10H2,1-5H3,(H2,17,18,19);1H. The van der Waals surface area contributed by atoms with Gasteiger partial charge in [-0.25, -0.2) is 4.99 Å². The lowest BCUT2D eigenvalue weighted by Gasteiger charge is -2.23. The minimum atomic E-state index is 0. The molecule has 1 aliphatic rings. The summed E-state index contributed by atoms with van der Waals surface area (Å²) in [5, 5.41) is 15.4. The number of rotatable bonds is 5. The van der Waals surface area contributed by atoms with Crippen LogP contribution in [0.5, 0.6) is 0 Å². The van der Waals surface area contributed by atoms with Crippen molar-refractivity contribution in [2.75, 3.05) is 0 Å². The molecular formula is C16H31IN6. The Labute approximate surface area is 157 Å². The molecule has 23 heavy (non-hydrogen) atoms. The van der Waals surface area contributed by atoms with E-state index in [1.54, 1.807) is 0 Å². The molecule has 0 spiro atoms. The minimum absolute atomic E-state index is 0. The van der Waals surface area contributed by atoms with Crippen molar-refractivity contribution in [1.82, 2.24) is 25.4 Å². The first-order chi connectivity index (χ1) is 10.5.